The summed E-state index contributed by atoms with van der Waals surface area (Å²) >= 11 is 3.48. The number of halogens is 2. The average molecular weight is 552 g/mol. The minimum absolute atomic E-state index is 0.0721. The highest BCUT2D eigenvalue weighted by molar-refractivity contribution is 9.09. The minimum atomic E-state index is -1.07. The Bertz CT molecular complexity index is 778. The zero-order valence-electron chi connectivity index (χ0n) is 23.8. The Morgan fingerprint density at radius 3 is 1.94 bits per heavy atom. The van der Waals surface area contributed by atoms with Crippen LogP contribution in [0, 0.1) is 17.3 Å². The zero-order chi connectivity index (χ0) is 26.2. The lowest BCUT2D eigenvalue weighted by Gasteiger charge is -2.20. The molecule has 0 saturated heterocycles. The van der Waals surface area contributed by atoms with Crippen LogP contribution in [-0.4, -0.2) is 13.4 Å². The Kier molecular flexibility index (Phi) is 17.1. The van der Waals surface area contributed by atoms with E-state index in [2.05, 4.69) is 100 Å². The maximum atomic E-state index is 14.6. The Labute approximate surface area is 221 Å². The van der Waals surface area contributed by atoms with E-state index in [9.17, 15) is 4.39 Å². The van der Waals surface area contributed by atoms with Crippen molar-refractivity contribution in [3.63, 3.8) is 0 Å². The predicted molar refractivity (Wildman–Crippen MR) is 160 cm³/mol. The molecule has 0 aromatic rings. The van der Waals surface area contributed by atoms with Crippen molar-refractivity contribution in [2.24, 2.45) is 5.41 Å². The van der Waals surface area contributed by atoms with Crippen molar-refractivity contribution in [1.82, 2.24) is 0 Å². The lowest BCUT2D eigenvalue weighted by atomic mass is 9.85. The maximum absolute atomic E-state index is 14.6. The molecule has 0 fully saturated rings. The summed E-state index contributed by atoms with van der Waals surface area (Å²) in [5.74, 6) is 6.88. The van der Waals surface area contributed by atoms with Gasteiger partial charge in [-0.2, -0.15) is 0 Å². The van der Waals surface area contributed by atoms with Gasteiger partial charge >= 0.3 is 0 Å². The van der Waals surface area contributed by atoms with E-state index in [-0.39, 0.29) is 11.2 Å². The van der Waals surface area contributed by atoms with Gasteiger partial charge in [-0.05, 0) is 83.6 Å². The van der Waals surface area contributed by atoms with E-state index in [1.54, 1.807) is 0 Å². The summed E-state index contributed by atoms with van der Waals surface area (Å²) in [6.45, 7) is 20.2. The standard InChI is InChI=1S/C31H52BrFSi/c1-26(14-12-15-27(2)21-24-32)16-13-17-30(33)29(4)19-18-28(3)20-23-31(5,6)22-10-11-25-34(7,8)9/h15-16,20H,12-14,17-19,21-25H2,1-9H3/b26-16+,27-15+,28-20-,30-29-. The fourth-order valence-corrected chi connectivity index (χ4v) is 4.61. The predicted octanol–water partition coefficient (Wildman–Crippen LogP) is 11.3. The van der Waals surface area contributed by atoms with Crippen LogP contribution in [0.5, 0.6) is 0 Å². The highest BCUT2D eigenvalue weighted by atomic mass is 79.9. The van der Waals surface area contributed by atoms with Crippen LogP contribution in [0.3, 0.4) is 0 Å². The van der Waals surface area contributed by atoms with Crippen LogP contribution in [0.25, 0.3) is 0 Å². The van der Waals surface area contributed by atoms with Gasteiger partial charge in [0.15, 0.2) is 0 Å². The second-order valence-electron chi connectivity index (χ2n) is 12.0. The van der Waals surface area contributed by atoms with E-state index < -0.39 is 8.07 Å². The molecule has 0 saturated carbocycles. The van der Waals surface area contributed by atoms with Crippen LogP contribution in [0.2, 0.25) is 25.7 Å². The fourth-order valence-electron chi connectivity index (χ4n) is 3.33. The lowest BCUT2D eigenvalue weighted by Crippen LogP contribution is -2.17. The smallest absolute Gasteiger partial charge is 0.0991 e. The van der Waals surface area contributed by atoms with E-state index in [0.717, 1.165) is 68.3 Å². The Morgan fingerprint density at radius 1 is 0.794 bits per heavy atom. The molecule has 0 unspecified atom stereocenters. The van der Waals surface area contributed by atoms with Crippen molar-refractivity contribution in [3.05, 3.63) is 46.3 Å². The third-order valence-electron chi connectivity index (χ3n) is 6.05. The van der Waals surface area contributed by atoms with Gasteiger partial charge in [0.2, 0.25) is 0 Å². The molecule has 0 aliphatic carbocycles. The largest absolute Gasteiger partial charge is 0.212 e. The quantitative estimate of drug-likeness (QED) is 0.0822. The first-order valence-electron chi connectivity index (χ1n) is 13.1. The molecule has 0 radical (unpaired) electrons. The van der Waals surface area contributed by atoms with Crippen LogP contribution >= 0.6 is 15.9 Å². The van der Waals surface area contributed by atoms with Gasteiger partial charge in [0.25, 0.3) is 0 Å². The second kappa shape index (κ2) is 17.6. The molecule has 194 valence electrons. The first kappa shape index (κ1) is 33.1. The molecule has 0 atom stereocenters. The highest BCUT2D eigenvalue weighted by Crippen LogP contribution is 2.27. The SMILES string of the molecule is C/C(=C/CC(C)(C)CC#CC[Si](C)(C)C)CC/C(C)=C(\F)CC/C=C(\C)CC/C=C(\C)CCBr. The summed E-state index contributed by atoms with van der Waals surface area (Å²) < 4.78 is 14.6. The van der Waals surface area contributed by atoms with E-state index in [1.807, 2.05) is 6.92 Å². The van der Waals surface area contributed by atoms with Crippen LogP contribution < -0.4 is 0 Å². The normalized spacial score (nSPS) is 14.6. The highest BCUT2D eigenvalue weighted by Gasteiger charge is 2.15. The molecule has 0 bridgehead atoms. The van der Waals surface area contributed by atoms with E-state index in [0.29, 0.717) is 6.42 Å². The molecule has 0 amide bonds. The third kappa shape index (κ3) is 19.5. The van der Waals surface area contributed by atoms with Crippen LogP contribution in [0.4, 0.5) is 4.39 Å². The van der Waals surface area contributed by atoms with Gasteiger partial charge < -0.3 is 0 Å². The maximum Gasteiger partial charge on any atom is 0.0991 e. The molecular formula is C31H52BrFSi. The first-order chi connectivity index (χ1) is 15.8. The molecule has 0 aromatic carbocycles. The van der Waals surface area contributed by atoms with E-state index in [4.69, 9.17) is 0 Å². The fraction of sp³-hybridized carbons (Fsp3) is 0.677. The average Bonchev–Trinajstić information content (AvgIpc) is 2.73. The molecule has 0 aromatic heterocycles. The summed E-state index contributed by atoms with van der Waals surface area (Å²) in [6.07, 6.45) is 15.1. The number of hydrogen-bond acceptors (Lipinski definition) is 0. The van der Waals surface area contributed by atoms with Gasteiger partial charge in [0, 0.05) is 24.2 Å². The second-order valence-corrected chi connectivity index (χ2v) is 18.3. The van der Waals surface area contributed by atoms with E-state index in [1.165, 1.54) is 16.7 Å². The number of hydrogen-bond donors (Lipinski definition) is 0. The molecular weight excluding hydrogens is 499 g/mol. The van der Waals surface area contributed by atoms with Gasteiger partial charge in [-0.15, -0.1) is 11.8 Å². The van der Waals surface area contributed by atoms with Gasteiger partial charge in [-0.25, -0.2) is 4.39 Å². The monoisotopic (exact) mass is 550 g/mol. The lowest BCUT2D eigenvalue weighted by molar-refractivity contribution is 0.382. The zero-order valence-corrected chi connectivity index (χ0v) is 26.4. The van der Waals surface area contributed by atoms with Crippen molar-refractivity contribution in [1.29, 1.82) is 0 Å². The molecule has 0 N–H and O–H groups in total. The topological polar surface area (TPSA) is 0 Å². The Hall–Kier alpha value is -0.853. The third-order valence-corrected chi connectivity index (χ3v) is 7.68. The number of rotatable bonds is 15. The molecule has 0 heterocycles. The first-order valence-corrected chi connectivity index (χ1v) is 17.9. The molecule has 0 aliphatic rings. The number of alkyl halides is 1. The Balaban J connectivity index is 4.47. The summed E-state index contributed by atoms with van der Waals surface area (Å²) in [5.41, 5.74) is 5.25. The molecule has 34 heavy (non-hydrogen) atoms. The molecule has 3 heteroatoms. The summed E-state index contributed by atoms with van der Waals surface area (Å²) in [6, 6.07) is 1.08. The Morgan fingerprint density at radius 2 is 1.35 bits per heavy atom. The number of allylic oxidation sites excluding steroid dienone is 8. The van der Waals surface area contributed by atoms with Crippen molar-refractivity contribution < 1.29 is 4.39 Å². The van der Waals surface area contributed by atoms with Gasteiger partial charge in [-0.1, -0.05) is 84.4 Å². The molecule has 0 aliphatic heterocycles. The van der Waals surface area contributed by atoms with Crippen LogP contribution in [0.15, 0.2) is 46.3 Å². The molecule has 0 spiro atoms. The molecule has 0 nitrogen and oxygen atoms in total. The van der Waals surface area contributed by atoms with E-state index >= 15 is 0 Å². The van der Waals surface area contributed by atoms with Crippen molar-refractivity contribution in [2.45, 2.75) is 125 Å². The van der Waals surface area contributed by atoms with Crippen molar-refractivity contribution >= 4 is 24.0 Å². The summed E-state index contributed by atoms with van der Waals surface area (Å²) in [7, 11) is -1.07. The van der Waals surface area contributed by atoms with Crippen LogP contribution in [0.1, 0.15) is 99.3 Å². The minimum Gasteiger partial charge on any atom is -0.212 e. The summed E-state index contributed by atoms with van der Waals surface area (Å²) in [4.78, 5) is 0. The van der Waals surface area contributed by atoms with Crippen molar-refractivity contribution in [3.8, 4) is 11.8 Å². The summed E-state index contributed by atoms with van der Waals surface area (Å²) in [5, 5.41) is 1.02. The van der Waals surface area contributed by atoms with Crippen molar-refractivity contribution in [2.75, 3.05) is 5.33 Å². The van der Waals surface area contributed by atoms with Gasteiger partial charge in [-0.3, -0.25) is 0 Å². The van der Waals surface area contributed by atoms with Gasteiger partial charge in [0.05, 0.1) is 13.9 Å². The van der Waals surface area contributed by atoms with Gasteiger partial charge in [0.1, 0.15) is 0 Å². The van der Waals surface area contributed by atoms with Crippen LogP contribution in [-0.2, 0) is 0 Å². The molecule has 0 rings (SSSR count).